The molecule has 2 N–H and O–H groups in total. The molecule has 5 aromatic rings. The molecule has 0 fully saturated rings. The van der Waals surface area contributed by atoms with Crippen molar-refractivity contribution in [2.45, 2.75) is 0 Å². The van der Waals surface area contributed by atoms with Crippen LogP contribution in [0, 0.1) is 0 Å². The lowest BCUT2D eigenvalue weighted by Crippen LogP contribution is -2.10. The summed E-state index contributed by atoms with van der Waals surface area (Å²) in [4.78, 5) is 20.7. The van der Waals surface area contributed by atoms with Crippen molar-refractivity contribution in [3.05, 3.63) is 83.3 Å². The minimum atomic E-state index is -0.209. The van der Waals surface area contributed by atoms with E-state index in [0.717, 1.165) is 33.7 Å². The third-order valence-electron chi connectivity index (χ3n) is 5.19. The largest absolute Gasteiger partial charge is 0.497 e. The molecule has 7 nitrogen and oxygen atoms in total. The van der Waals surface area contributed by atoms with Crippen molar-refractivity contribution >= 4 is 28.1 Å². The van der Waals surface area contributed by atoms with Gasteiger partial charge in [-0.15, -0.1) is 0 Å². The normalized spacial score (nSPS) is 11.0. The Morgan fingerprint density at radius 2 is 1.71 bits per heavy atom. The zero-order valence-electron chi connectivity index (χ0n) is 17.0. The number of aromatic nitrogens is 3. The number of methoxy groups -OCH3 is 2. The van der Waals surface area contributed by atoms with Crippen molar-refractivity contribution in [3.63, 3.8) is 0 Å². The van der Waals surface area contributed by atoms with Crippen LogP contribution in [0.5, 0.6) is 11.5 Å². The van der Waals surface area contributed by atoms with E-state index in [1.165, 1.54) is 0 Å². The fourth-order valence-corrected chi connectivity index (χ4v) is 3.60. The van der Waals surface area contributed by atoms with Crippen LogP contribution >= 0.6 is 0 Å². The molecule has 0 radical (unpaired) electrons. The molecule has 31 heavy (non-hydrogen) atoms. The van der Waals surface area contributed by atoms with Gasteiger partial charge in [0.1, 0.15) is 28.7 Å². The van der Waals surface area contributed by atoms with E-state index in [4.69, 9.17) is 14.5 Å². The maximum absolute atomic E-state index is 13.0. The first-order valence-electron chi connectivity index (χ1n) is 9.76. The number of nitrogens with zero attached hydrogens (tertiary/aromatic N) is 2. The highest BCUT2D eigenvalue weighted by atomic mass is 16.5. The highest BCUT2D eigenvalue weighted by Gasteiger charge is 2.18. The van der Waals surface area contributed by atoms with E-state index in [-0.39, 0.29) is 5.56 Å². The number of benzene rings is 2. The summed E-state index contributed by atoms with van der Waals surface area (Å²) in [7, 11) is 3.25. The summed E-state index contributed by atoms with van der Waals surface area (Å²) in [5.74, 6) is 2.19. The molecule has 2 aromatic carbocycles. The monoisotopic (exact) mass is 412 g/mol. The molecule has 3 aromatic heterocycles. The summed E-state index contributed by atoms with van der Waals surface area (Å²) in [6.45, 7) is 0. The van der Waals surface area contributed by atoms with Gasteiger partial charge in [-0.3, -0.25) is 9.20 Å². The average Bonchev–Trinajstić information content (AvgIpc) is 3.17. The van der Waals surface area contributed by atoms with E-state index >= 15 is 0 Å². The number of rotatable bonds is 5. The van der Waals surface area contributed by atoms with Gasteiger partial charge in [0.15, 0.2) is 0 Å². The molecule has 0 saturated carbocycles. The molecule has 7 heteroatoms. The minimum absolute atomic E-state index is 0.209. The molecule has 0 saturated heterocycles. The Bertz CT molecular complexity index is 1450. The van der Waals surface area contributed by atoms with E-state index in [1.807, 2.05) is 77.3 Å². The summed E-state index contributed by atoms with van der Waals surface area (Å²) < 4.78 is 12.5. The summed E-state index contributed by atoms with van der Waals surface area (Å²) in [5, 5.41) is 4.27. The fraction of sp³-hybridized carbons (Fsp3) is 0.0833. The van der Waals surface area contributed by atoms with Crippen LogP contribution < -0.4 is 20.3 Å². The number of ether oxygens (including phenoxy) is 2. The van der Waals surface area contributed by atoms with E-state index in [9.17, 15) is 4.79 Å². The number of hydrogen-bond donors (Lipinski definition) is 2. The SMILES string of the molecule is COc1ccc(Nc2c(-c3cc4cc(OC)ccc4[nH]c3=O)nc3ccccn23)cc1. The Hall–Kier alpha value is -4.26. The van der Waals surface area contributed by atoms with E-state index in [2.05, 4.69) is 10.3 Å². The van der Waals surface area contributed by atoms with Crippen LogP contribution in [-0.2, 0) is 0 Å². The fourth-order valence-electron chi connectivity index (χ4n) is 3.60. The summed E-state index contributed by atoms with van der Waals surface area (Å²) in [6, 6.07) is 20.7. The van der Waals surface area contributed by atoms with Gasteiger partial charge in [-0.25, -0.2) is 4.98 Å². The Balaban J connectivity index is 1.70. The molecule has 0 atom stereocenters. The van der Waals surface area contributed by atoms with Gasteiger partial charge in [0.25, 0.3) is 5.56 Å². The molecule has 0 aliphatic carbocycles. The van der Waals surface area contributed by atoms with Gasteiger partial charge in [0, 0.05) is 22.8 Å². The van der Waals surface area contributed by atoms with Gasteiger partial charge in [-0.05, 0) is 60.7 Å². The average molecular weight is 412 g/mol. The first kappa shape index (κ1) is 18.7. The predicted octanol–water partition coefficient (Wildman–Crippen LogP) is 4.60. The standard InChI is InChI=1S/C24H20N4O3/c1-30-17-8-6-16(7-9-17)25-23-22(27-21-5-3-4-12-28(21)23)19-14-15-13-18(31-2)10-11-20(15)26-24(19)29/h3-14,25H,1-2H3,(H,26,29). The minimum Gasteiger partial charge on any atom is -0.497 e. The second-order valence-electron chi connectivity index (χ2n) is 7.06. The van der Waals surface area contributed by atoms with Crippen LogP contribution in [0.3, 0.4) is 0 Å². The molecule has 0 bridgehead atoms. The molecule has 154 valence electrons. The lowest BCUT2D eigenvalue weighted by Gasteiger charge is -2.10. The highest BCUT2D eigenvalue weighted by Crippen LogP contribution is 2.31. The van der Waals surface area contributed by atoms with Crippen LogP contribution in [0.1, 0.15) is 0 Å². The number of nitrogens with one attached hydrogen (secondary N) is 2. The van der Waals surface area contributed by atoms with Crippen molar-refractivity contribution in [3.8, 4) is 22.8 Å². The first-order valence-corrected chi connectivity index (χ1v) is 9.76. The number of aromatic amines is 1. The Morgan fingerprint density at radius 1 is 0.935 bits per heavy atom. The Kier molecular flexibility index (Phi) is 4.55. The van der Waals surface area contributed by atoms with Gasteiger partial charge in [-0.2, -0.15) is 0 Å². The smallest absolute Gasteiger partial charge is 0.258 e. The number of pyridine rings is 2. The van der Waals surface area contributed by atoms with Gasteiger partial charge >= 0.3 is 0 Å². The molecule has 0 aliphatic rings. The van der Waals surface area contributed by atoms with Gasteiger partial charge in [0.05, 0.1) is 19.8 Å². The van der Waals surface area contributed by atoms with E-state index in [0.29, 0.717) is 17.1 Å². The number of imidazole rings is 1. The summed E-state index contributed by atoms with van der Waals surface area (Å²) in [6.07, 6.45) is 1.91. The number of anilines is 2. The highest BCUT2D eigenvalue weighted by molar-refractivity contribution is 5.87. The maximum Gasteiger partial charge on any atom is 0.258 e. The van der Waals surface area contributed by atoms with Crippen molar-refractivity contribution < 1.29 is 9.47 Å². The summed E-state index contributed by atoms with van der Waals surface area (Å²) in [5.41, 5.74) is 3.15. The zero-order valence-corrected chi connectivity index (χ0v) is 17.0. The molecule has 0 spiro atoms. The molecule has 3 heterocycles. The topological polar surface area (TPSA) is 80.7 Å². The number of hydrogen-bond acceptors (Lipinski definition) is 5. The Labute approximate surface area is 177 Å². The van der Waals surface area contributed by atoms with Gasteiger partial charge in [-0.1, -0.05) is 6.07 Å². The van der Waals surface area contributed by atoms with Crippen LogP contribution in [0.2, 0.25) is 0 Å². The van der Waals surface area contributed by atoms with E-state index in [1.54, 1.807) is 14.2 Å². The van der Waals surface area contributed by atoms with Crippen LogP contribution in [0.4, 0.5) is 11.5 Å². The molecule has 0 unspecified atom stereocenters. The number of fused-ring (bicyclic) bond motifs is 2. The molecular weight excluding hydrogens is 392 g/mol. The van der Waals surface area contributed by atoms with Crippen LogP contribution in [0.15, 0.2) is 77.7 Å². The van der Waals surface area contributed by atoms with Crippen LogP contribution in [-0.4, -0.2) is 28.6 Å². The third kappa shape index (κ3) is 3.36. The third-order valence-corrected chi connectivity index (χ3v) is 5.19. The second-order valence-corrected chi connectivity index (χ2v) is 7.06. The number of H-pyrrole nitrogens is 1. The lowest BCUT2D eigenvalue weighted by atomic mass is 10.1. The molecular formula is C24H20N4O3. The van der Waals surface area contributed by atoms with Gasteiger partial charge < -0.3 is 19.8 Å². The Morgan fingerprint density at radius 3 is 2.48 bits per heavy atom. The summed E-state index contributed by atoms with van der Waals surface area (Å²) >= 11 is 0. The molecule has 5 rings (SSSR count). The van der Waals surface area contributed by atoms with Crippen molar-refractivity contribution in [2.75, 3.05) is 19.5 Å². The molecule has 0 aliphatic heterocycles. The van der Waals surface area contributed by atoms with Gasteiger partial charge in [0.2, 0.25) is 0 Å². The van der Waals surface area contributed by atoms with Crippen molar-refractivity contribution in [1.29, 1.82) is 0 Å². The quantitative estimate of drug-likeness (QED) is 0.441. The first-order chi connectivity index (χ1) is 15.2. The van der Waals surface area contributed by atoms with Crippen molar-refractivity contribution in [2.24, 2.45) is 0 Å². The predicted molar refractivity (Wildman–Crippen MR) is 122 cm³/mol. The maximum atomic E-state index is 13.0. The van der Waals surface area contributed by atoms with Crippen LogP contribution in [0.25, 0.3) is 27.8 Å². The van der Waals surface area contributed by atoms with E-state index < -0.39 is 0 Å². The van der Waals surface area contributed by atoms with Crippen molar-refractivity contribution in [1.82, 2.24) is 14.4 Å². The second kappa shape index (κ2) is 7.53. The zero-order chi connectivity index (χ0) is 21.4. The lowest BCUT2D eigenvalue weighted by molar-refractivity contribution is 0.415. The molecule has 0 amide bonds.